The minimum absolute atomic E-state index is 0.268. The van der Waals surface area contributed by atoms with E-state index in [0.29, 0.717) is 24.0 Å². The largest absolute Gasteiger partial charge is 0.496 e. The molecular weight excluding hydrogens is 297 g/mol. The summed E-state index contributed by atoms with van der Waals surface area (Å²) in [6.45, 7) is 2.29. The summed E-state index contributed by atoms with van der Waals surface area (Å²) >= 11 is 0. The topological polar surface area (TPSA) is 60.2 Å². The number of ether oxygens (including phenoxy) is 1. The second kappa shape index (κ2) is 6.66. The minimum Gasteiger partial charge on any atom is -0.496 e. The summed E-state index contributed by atoms with van der Waals surface area (Å²) in [5.41, 5.74) is 0.477. The number of nitrogens with one attached hydrogen (secondary N) is 1. The van der Waals surface area contributed by atoms with Crippen LogP contribution in [0, 0.1) is 12.7 Å². The highest BCUT2D eigenvalue weighted by Gasteiger charge is 2.37. The van der Waals surface area contributed by atoms with Crippen molar-refractivity contribution in [2.24, 2.45) is 0 Å². The molecule has 0 atom stereocenters. The first kappa shape index (κ1) is 15.9. The lowest BCUT2D eigenvalue weighted by Crippen LogP contribution is -2.44. The normalized spacial score (nSPS) is 17.2. The molecule has 2 aromatic rings. The average Bonchev–Trinajstić information content (AvgIpc) is 3.01. The maximum atomic E-state index is 13.5. The smallest absolute Gasteiger partial charge is 0.223 e. The highest BCUT2D eigenvalue weighted by atomic mass is 19.1. The third-order valence-corrected chi connectivity index (χ3v) is 4.52. The Morgan fingerprint density at radius 2 is 2.09 bits per heavy atom. The summed E-state index contributed by atoms with van der Waals surface area (Å²) in [5, 5.41) is 7.68. The number of hydrogen-bond donors (Lipinski definition) is 1. The predicted octanol–water partition coefficient (Wildman–Crippen LogP) is 3.47. The van der Waals surface area contributed by atoms with E-state index in [2.05, 4.69) is 15.5 Å². The van der Waals surface area contributed by atoms with E-state index in [1.54, 1.807) is 20.1 Å². The maximum absolute atomic E-state index is 13.5. The lowest BCUT2D eigenvalue weighted by molar-refractivity contribution is 0.210. The van der Waals surface area contributed by atoms with Crippen molar-refractivity contribution in [1.82, 2.24) is 15.5 Å². The molecule has 1 heterocycles. The fourth-order valence-corrected chi connectivity index (χ4v) is 3.28. The summed E-state index contributed by atoms with van der Waals surface area (Å²) in [4.78, 5) is 4.43. The Bertz CT molecular complexity index is 666. The molecule has 6 heteroatoms. The number of nitrogens with zero attached hydrogens (tertiary/aromatic N) is 2. The SMILES string of the molecule is COc1ccc(F)cc1CNC1(c2noc(C)n2)CCCCC1. The number of halogens is 1. The van der Waals surface area contributed by atoms with Gasteiger partial charge < -0.3 is 14.6 Å². The highest BCUT2D eigenvalue weighted by molar-refractivity contribution is 5.34. The molecular formula is C17H22FN3O2. The second-order valence-corrected chi connectivity index (χ2v) is 6.09. The fraction of sp³-hybridized carbons (Fsp3) is 0.529. The molecule has 0 saturated heterocycles. The van der Waals surface area contributed by atoms with Gasteiger partial charge in [0.1, 0.15) is 11.6 Å². The van der Waals surface area contributed by atoms with E-state index in [9.17, 15) is 4.39 Å². The van der Waals surface area contributed by atoms with Crippen LogP contribution in [0.1, 0.15) is 49.4 Å². The summed E-state index contributed by atoms with van der Waals surface area (Å²) in [6.07, 6.45) is 5.33. The van der Waals surface area contributed by atoms with Crippen molar-refractivity contribution in [3.8, 4) is 5.75 Å². The van der Waals surface area contributed by atoms with Crippen molar-refractivity contribution in [3.05, 3.63) is 41.3 Å². The lowest BCUT2D eigenvalue weighted by atomic mass is 9.81. The van der Waals surface area contributed by atoms with Gasteiger partial charge in [-0.3, -0.25) is 0 Å². The first-order valence-corrected chi connectivity index (χ1v) is 8.01. The molecule has 124 valence electrons. The van der Waals surface area contributed by atoms with Gasteiger partial charge in [0.25, 0.3) is 0 Å². The number of benzene rings is 1. The van der Waals surface area contributed by atoms with Crippen LogP contribution in [0.5, 0.6) is 5.75 Å². The number of aryl methyl sites for hydroxylation is 1. The molecule has 1 aliphatic rings. The highest BCUT2D eigenvalue weighted by Crippen LogP contribution is 2.36. The van der Waals surface area contributed by atoms with Crippen molar-refractivity contribution >= 4 is 0 Å². The summed E-state index contributed by atoms with van der Waals surface area (Å²) in [5.74, 6) is 1.67. The van der Waals surface area contributed by atoms with Gasteiger partial charge >= 0.3 is 0 Å². The molecule has 0 unspecified atom stereocenters. The Balaban J connectivity index is 1.84. The molecule has 23 heavy (non-hydrogen) atoms. The van der Waals surface area contributed by atoms with Crippen molar-refractivity contribution in [1.29, 1.82) is 0 Å². The average molecular weight is 319 g/mol. The van der Waals surface area contributed by atoms with E-state index in [1.807, 2.05) is 0 Å². The van der Waals surface area contributed by atoms with Crippen molar-refractivity contribution in [3.63, 3.8) is 0 Å². The third-order valence-electron chi connectivity index (χ3n) is 4.52. The van der Waals surface area contributed by atoms with Gasteiger partial charge in [-0.1, -0.05) is 24.4 Å². The molecule has 3 rings (SSSR count). The summed E-state index contributed by atoms with van der Waals surface area (Å²) in [7, 11) is 1.59. The van der Waals surface area contributed by atoms with Crippen molar-refractivity contribution in [2.75, 3.05) is 7.11 Å². The molecule has 1 aromatic carbocycles. The van der Waals surface area contributed by atoms with Crippen LogP contribution in [0.15, 0.2) is 22.7 Å². The van der Waals surface area contributed by atoms with Crippen LogP contribution in [0.4, 0.5) is 4.39 Å². The lowest BCUT2D eigenvalue weighted by Gasteiger charge is -2.35. The molecule has 1 N–H and O–H groups in total. The third kappa shape index (κ3) is 3.37. The Labute approximate surface area is 135 Å². The van der Waals surface area contributed by atoms with Gasteiger partial charge in [0.05, 0.1) is 12.6 Å². The van der Waals surface area contributed by atoms with Gasteiger partial charge in [-0.15, -0.1) is 0 Å². The molecule has 0 radical (unpaired) electrons. The minimum atomic E-state index is -0.312. The van der Waals surface area contributed by atoms with E-state index in [1.165, 1.54) is 18.6 Å². The molecule has 0 spiro atoms. The van der Waals surface area contributed by atoms with E-state index < -0.39 is 0 Å². The molecule has 1 aromatic heterocycles. The molecule has 0 amide bonds. The van der Waals surface area contributed by atoms with Crippen LogP contribution in [-0.2, 0) is 12.1 Å². The second-order valence-electron chi connectivity index (χ2n) is 6.09. The molecule has 5 nitrogen and oxygen atoms in total. The standard InChI is InChI=1S/C17H22FN3O2/c1-12-20-16(21-23-12)17(8-4-3-5-9-17)19-11-13-10-14(18)6-7-15(13)22-2/h6-7,10,19H,3-5,8-9,11H2,1-2H3. The summed E-state index contributed by atoms with van der Waals surface area (Å²) < 4.78 is 24.0. The first-order chi connectivity index (χ1) is 11.1. The van der Waals surface area contributed by atoms with Crippen LogP contribution in [0.25, 0.3) is 0 Å². The molecule has 1 fully saturated rings. The Hall–Kier alpha value is -1.95. The van der Waals surface area contributed by atoms with Crippen LogP contribution >= 0.6 is 0 Å². The van der Waals surface area contributed by atoms with Crippen LogP contribution in [0.3, 0.4) is 0 Å². The van der Waals surface area contributed by atoms with Gasteiger partial charge in [0.2, 0.25) is 5.89 Å². The molecule has 1 saturated carbocycles. The monoisotopic (exact) mass is 319 g/mol. The van der Waals surface area contributed by atoms with Gasteiger partial charge in [0.15, 0.2) is 5.82 Å². The van der Waals surface area contributed by atoms with Crippen molar-refractivity contribution in [2.45, 2.75) is 51.1 Å². The van der Waals surface area contributed by atoms with E-state index >= 15 is 0 Å². The van der Waals surface area contributed by atoms with Crippen LogP contribution < -0.4 is 10.1 Å². The Morgan fingerprint density at radius 3 is 2.74 bits per heavy atom. The quantitative estimate of drug-likeness (QED) is 0.914. The van der Waals surface area contributed by atoms with Gasteiger partial charge in [-0.05, 0) is 31.0 Å². The van der Waals surface area contributed by atoms with E-state index in [4.69, 9.17) is 9.26 Å². The zero-order valence-corrected chi connectivity index (χ0v) is 13.6. The van der Waals surface area contributed by atoms with Gasteiger partial charge in [-0.25, -0.2) is 4.39 Å². The summed E-state index contributed by atoms with van der Waals surface area (Å²) in [6, 6.07) is 4.56. The molecule has 0 aliphatic heterocycles. The van der Waals surface area contributed by atoms with Crippen LogP contribution in [0.2, 0.25) is 0 Å². The Morgan fingerprint density at radius 1 is 1.30 bits per heavy atom. The maximum Gasteiger partial charge on any atom is 0.223 e. The number of aromatic nitrogens is 2. The van der Waals surface area contributed by atoms with E-state index in [0.717, 1.165) is 31.2 Å². The fourth-order valence-electron chi connectivity index (χ4n) is 3.28. The van der Waals surface area contributed by atoms with E-state index in [-0.39, 0.29) is 11.4 Å². The predicted molar refractivity (Wildman–Crippen MR) is 83.6 cm³/mol. The molecule has 0 bridgehead atoms. The Kier molecular flexibility index (Phi) is 4.61. The van der Waals surface area contributed by atoms with Crippen molar-refractivity contribution < 1.29 is 13.7 Å². The number of hydrogen-bond acceptors (Lipinski definition) is 5. The number of rotatable bonds is 5. The van der Waals surface area contributed by atoms with Gasteiger partial charge in [0, 0.05) is 19.0 Å². The molecule has 1 aliphatic carbocycles. The van der Waals surface area contributed by atoms with Gasteiger partial charge in [-0.2, -0.15) is 4.98 Å². The zero-order chi connectivity index (χ0) is 16.3. The zero-order valence-electron chi connectivity index (χ0n) is 13.6. The van der Waals surface area contributed by atoms with Crippen LogP contribution in [-0.4, -0.2) is 17.3 Å². The number of methoxy groups -OCH3 is 1. The first-order valence-electron chi connectivity index (χ1n) is 8.01.